The molecule has 1 aliphatic carbocycles. The number of hydrogen-bond acceptors (Lipinski definition) is 4. The fourth-order valence-electron chi connectivity index (χ4n) is 4.87. The highest BCUT2D eigenvalue weighted by molar-refractivity contribution is 5.78. The number of hydrogen-bond donors (Lipinski definition) is 1. The highest BCUT2D eigenvalue weighted by Gasteiger charge is 2.29. The smallest absolute Gasteiger partial charge is 0.223 e. The summed E-state index contributed by atoms with van der Waals surface area (Å²) in [4.78, 5) is 14.6. The molecule has 0 bridgehead atoms. The number of nitrogens with zero attached hydrogens (tertiary/aromatic N) is 4. The number of amides is 1. The second-order valence-corrected chi connectivity index (χ2v) is 9.85. The fraction of sp³-hybridized carbons (Fsp3) is 0.783. The predicted octanol–water partition coefficient (Wildman–Crippen LogP) is 3.89. The van der Waals surface area contributed by atoms with Gasteiger partial charge < -0.3 is 14.8 Å². The summed E-state index contributed by atoms with van der Waals surface area (Å²) in [6.45, 7) is 17.0. The third kappa shape index (κ3) is 5.08. The average Bonchev–Trinajstić information content (AvgIpc) is 2.94. The van der Waals surface area contributed by atoms with E-state index in [1.165, 1.54) is 25.7 Å². The molecule has 1 amide bonds. The quantitative estimate of drug-likeness (QED) is 0.735. The van der Waals surface area contributed by atoms with Gasteiger partial charge in [-0.3, -0.25) is 4.79 Å². The molecule has 0 fully saturated rings. The SMILES string of the molecule is CC1=C(CCN2CCc3nnc([C@H](C)NC(=O)C(C)C)n3CC2)C(C)(C)CCC1. The van der Waals surface area contributed by atoms with Gasteiger partial charge in [-0.15, -0.1) is 10.2 Å². The van der Waals surface area contributed by atoms with Gasteiger partial charge in [-0.05, 0) is 44.9 Å². The van der Waals surface area contributed by atoms with Crippen LogP contribution >= 0.6 is 0 Å². The molecule has 6 nitrogen and oxygen atoms in total. The summed E-state index contributed by atoms with van der Waals surface area (Å²) in [5.74, 6) is 1.95. The third-order valence-corrected chi connectivity index (χ3v) is 6.78. The Morgan fingerprint density at radius 2 is 1.90 bits per heavy atom. The fourth-order valence-corrected chi connectivity index (χ4v) is 4.87. The molecule has 0 unspecified atom stereocenters. The van der Waals surface area contributed by atoms with Crippen molar-refractivity contribution in [2.45, 2.75) is 86.2 Å². The third-order valence-electron chi connectivity index (χ3n) is 6.78. The van der Waals surface area contributed by atoms with Crippen LogP contribution < -0.4 is 5.32 Å². The first-order valence-electron chi connectivity index (χ1n) is 11.3. The Bertz CT molecular complexity index is 761. The summed E-state index contributed by atoms with van der Waals surface area (Å²) in [6, 6.07) is -0.117. The van der Waals surface area contributed by atoms with Gasteiger partial charge in [0.15, 0.2) is 5.82 Å². The molecule has 0 aromatic carbocycles. The lowest BCUT2D eigenvalue weighted by atomic mass is 9.71. The largest absolute Gasteiger partial charge is 0.346 e. The van der Waals surface area contributed by atoms with Gasteiger partial charge in [-0.1, -0.05) is 38.8 Å². The molecular weight excluding hydrogens is 362 g/mol. The van der Waals surface area contributed by atoms with E-state index in [0.29, 0.717) is 5.41 Å². The molecular formula is C23H39N5O. The van der Waals surface area contributed by atoms with Crippen LogP contribution in [0.2, 0.25) is 0 Å². The molecule has 0 saturated carbocycles. The number of aromatic nitrogens is 3. The molecule has 6 heteroatoms. The van der Waals surface area contributed by atoms with Crippen LogP contribution in [-0.2, 0) is 17.8 Å². The molecule has 2 heterocycles. The molecule has 1 aromatic rings. The van der Waals surface area contributed by atoms with Gasteiger partial charge in [0.2, 0.25) is 5.91 Å². The zero-order valence-corrected chi connectivity index (χ0v) is 19.2. The van der Waals surface area contributed by atoms with E-state index in [1.807, 2.05) is 20.8 Å². The Morgan fingerprint density at radius 3 is 2.59 bits per heavy atom. The normalized spacial score (nSPS) is 21.1. The first kappa shape index (κ1) is 22.0. The Labute approximate surface area is 176 Å². The van der Waals surface area contributed by atoms with Crippen molar-refractivity contribution in [1.82, 2.24) is 25.0 Å². The molecule has 1 aromatic heterocycles. The molecule has 1 N–H and O–H groups in total. The van der Waals surface area contributed by atoms with E-state index in [2.05, 4.69) is 45.8 Å². The van der Waals surface area contributed by atoms with Gasteiger partial charge in [0, 0.05) is 38.5 Å². The highest BCUT2D eigenvalue weighted by Crippen LogP contribution is 2.41. The number of carbonyl (C=O) groups excluding carboxylic acids is 1. The van der Waals surface area contributed by atoms with Crippen LogP contribution in [-0.4, -0.2) is 45.2 Å². The first-order valence-corrected chi connectivity index (χ1v) is 11.3. The number of rotatable bonds is 6. The van der Waals surface area contributed by atoms with E-state index in [4.69, 9.17) is 0 Å². The van der Waals surface area contributed by atoms with Gasteiger partial charge in [-0.25, -0.2) is 0 Å². The van der Waals surface area contributed by atoms with Crippen molar-refractivity contribution >= 4 is 5.91 Å². The minimum Gasteiger partial charge on any atom is -0.346 e. The van der Waals surface area contributed by atoms with E-state index in [-0.39, 0.29) is 17.9 Å². The van der Waals surface area contributed by atoms with E-state index in [1.54, 1.807) is 11.1 Å². The van der Waals surface area contributed by atoms with Gasteiger partial charge in [0.1, 0.15) is 5.82 Å². The van der Waals surface area contributed by atoms with Crippen molar-refractivity contribution in [1.29, 1.82) is 0 Å². The second-order valence-electron chi connectivity index (χ2n) is 9.85. The first-order chi connectivity index (χ1) is 13.7. The maximum absolute atomic E-state index is 12.1. The molecule has 3 rings (SSSR count). The lowest BCUT2D eigenvalue weighted by molar-refractivity contribution is -0.124. The van der Waals surface area contributed by atoms with Gasteiger partial charge >= 0.3 is 0 Å². The molecule has 2 aliphatic rings. The maximum Gasteiger partial charge on any atom is 0.223 e. The van der Waals surface area contributed by atoms with Crippen LogP contribution in [0, 0.1) is 11.3 Å². The van der Waals surface area contributed by atoms with Crippen LogP contribution in [0.3, 0.4) is 0 Å². The minimum atomic E-state index is -0.117. The summed E-state index contributed by atoms with van der Waals surface area (Å²) < 4.78 is 2.22. The summed E-state index contributed by atoms with van der Waals surface area (Å²) in [5.41, 5.74) is 3.64. The van der Waals surface area contributed by atoms with Crippen LogP contribution in [0.1, 0.15) is 84.9 Å². The summed E-state index contributed by atoms with van der Waals surface area (Å²) in [7, 11) is 0. The van der Waals surface area contributed by atoms with Crippen molar-refractivity contribution < 1.29 is 4.79 Å². The summed E-state index contributed by atoms with van der Waals surface area (Å²) in [6.07, 6.45) is 5.99. The molecule has 0 spiro atoms. The molecule has 29 heavy (non-hydrogen) atoms. The number of nitrogens with one attached hydrogen (secondary N) is 1. The van der Waals surface area contributed by atoms with Crippen molar-refractivity contribution in [3.05, 3.63) is 22.8 Å². The van der Waals surface area contributed by atoms with Gasteiger partial charge in [-0.2, -0.15) is 0 Å². The predicted molar refractivity (Wildman–Crippen MR) is 117 cm³/mol. The van der Waals surface area contributed by atoms with Gasteiger partial charge in [0.25, 0.3) is 0 Å². The zero-order valence-electron chi connectivity index (χ0n) is 19.2. The Balaban J connectivity index is 1.61. The molecule has 0 saturated heterocycles. The standard InChI is InChI=1S/C23H39N5O/c1-16(2)22(29)24-18(4)21-26-25-20-10-13-27(14-15-28(20)21)12-9-19-17(3)8-7-11-23(19,5)6/h16,18H,7-15H2,1-6H3,(H,24,29)/t18-/m0/s1. The molecule has 1 atom stereocenters. The van der Waals surface area contributed by atoms with Crippen molar-refractivity contribution in [2.75, 3.05) is 19.6 Å². The van der Waals surface area contributed by atoms with Crippen LogP contribution in [0.25, 0.3) is 0 Å². The number of carbonyl (C=O) groups is 1. The van der Waals surface area contributed by atoms with E-state index in [9.17, 15) is 4.79 Å². The van der Waals surface area contributed by atoms with Crippen molar-refractivity contribution in [2.24, 2.45) is 11.3 Å². The molecule has 162 valence electrons. The lowest BCUT2D eigenvalue weighted by Crippen LogP contribution is -2.33. The van der Waals surface area contributed by atoms with Crippen LogP contribution in [0.15, 0.2) is 11.1 Å². The Kier molecular flexibility index (Phi) is 6.82. The van der Waals surface area contributed by atoms with Crippen LogP contribution in [0.4, 0.5) is 0 Å². The van der Waals surface area contributed by atoms with E-state index >= 15 is 0 Å². The minimum absolute atomic E-state index is 0.0266. The zero-order chi connectivity index (χ0) is 21.2. The Hall–Kier alpha value is -1.69. The average molecular weight is 402 g/mol. The monoisotopic (exact) mass is 401 g/mol. The number of fused-ring (bicyclic) bond motifs is 1. The second kappa shape index (κ2) is 8.99. The molecule has 1 aliphatic heterocycles. The van der Waals surface area contributed by atoms with E-state index in [0.717, 1.165) is 44.2 Å². The topological polar surface area (TPSA) is 63.1 Å². The summed E-state index contributed by atoms with van der Waals surface area (Å²) in [5, 5.41) is 11.9. The highest BCUT2D eigenvalue weighted by atomic mass is 16.1. The van der Waals surface area contributed by atoms with E-state index < -0.39 is 0 Å². The Morgan fingerprint density at radius 1 is 1.14 bits per heavy atom. The maximum atomic E-state index is 12.1. The van der Waals surface area contributed by atoms with Crippen LogP contribution in [0.5, 0.6) is 0 Å². The van der Waals surface area contributed by atoms with Crippen molar-refractivity contribution in [3.8, 4) is 0 Å². The van der Waals surface area contributed by atoms with Crippen molar-refractivity contribution in [3.63, 3.8) is 0 Å². The van der Waals surface area contributed by atoms with Gasteiger partial charge in [0.05, 0.1) is 6.04 Å². The summed E-state index contributed by atoms with van der Waals surface area (Å²) >= 11 is 0. The lowest BCUT2D eigenvalue weighted by Gasteiger charge is -2.35. The molecule has 0 radical (unpaired) electrons. The number of allylic oxidation sites excluding steroid dienone is 1.